The minimum atomic E-state index is -1.25. The lowest BCUT2D eigenvalue weighted by molar-refractivity contribution is -0.127. The number of aryl methyl sites for hydroxylation is 2. The second-order valence-corrected chi connectivity index (χ2v) is 8.06. The van der Waals surface area contributed by atoms with Crippen LogP contribution in [0.5, 0.6) is 0 Å². The van der Waals surface area contributed by atoms with E-state index in [0.717, 1.165) is 16.8 Å². The van der Waals surface area contributed by atoms with E-state index in [9.17, 15) is 14.4 Å². The first-order chi connectivity index (χ1) is 14.8. The Hall–Kier alpha value is -3.94. The lowest BCUT2D eigenvalue weighted by atomic mass is 9.71. The second-order valence-electron chi connectivity index (χ2n) is 8.06. The Morgan fingerprint density at radius 2 is 1.84 bits per heavy atom. The summed E-state index contributed by atoms with van der Waals surface area (Å²) >= 11 is 0. The maximum atomic E-state index is 13.8. The molecule has 3 N–H and O–H groups in total. The van der Waals surface area contributed by atoms with Gasteiger partial charge in [-0.25, -0.2) is 4.68 Å². The molecular weight excluding hydrogens is 394 g/mol. The molecule has 1 atom stereocenters. The third kappa shape index (κ3) is 2.54. The predicted octanol–water partition coefficient (Wildman–Crippen LogP) is 1.95. The summed E-state index contributed by atoms with van der Waals surface area (Å²) in [5.41, 5.74) is 8.76. The van der Waals surface area contributed by atoms with Gasteiger partial charge in [-0.3, -0.25) is 14.4 Å². The van der Waals surface area contributed by atoms with Crippen molar-refractivity contribution in [3.63, 3.8) is 0 Å². The van der Waals surface area contributed by atoms with Gasteiger partial charge in [0, 0.05) is 12.0 Å². The molecule has 1 spiro atoms. The summed E-state index contributed by atoms with van der Waals surface area (Å²) in [7, 11) is 0. The summed E-state index contributed by atoms with van der Waals surface area (Å²) in [5.74, 6) is -0.774. The zero-order valence-electron chi connectivity index (χ0n) is 17.2. The van der Waals surface area contributed by atoms with Crippen molar-refractivity contribution in [1.29, 1.82) is 0 Å². The van der Waals surface area contributed by atoms with Crippen LogP contribution in [0.15, 0.2) is 48.7 Å². The molecule has 3 aromatic rings. The molecule has 1 aromatic heterocycles. The van der Waals surface area contributed by atoms with E-state index in [-0.39, 0.29) is 24.8 Å². The number of aromatic nitrogens is 2. The number of anilines is 2. The number of primary amides is 1. The van der Waals surface area contributed by atoms with Crippen LogP contribution in [0.3, 0.4) is 0 Å². The number of para-hydroxylation sites is 2. The molecule has 2 aromatic carbocycles. The maximum absolute atomic E-state index is 13.8. The molecule has 3 heterocycles. The van der Waals surface area contributed by atoms with Crippen LogP contribution < -0.4 is 16.0 Å². The highest BCUT2D eigenvalue weighted by Crippen LogP contribution is 2.53. The number of nitrogens with two attached hydrogens (primary N) is 1. The van der Waals surface area contributed by atoms with Crippen LogP contribution in [0.1, 0.15) is 28.7 Å². The number of benzene rings is 2. The first-order valence-electron chi connectivity index (χ1n) is 9.99. The topological polar surface area (TPSA) is 110 Å². The van der Waals surface area contributed by atoms with E-state index in [1.54, 1.807) is 10.9 Å². The van der Waals surface area contributed by atoms with Crippen LogP contribution >= 0.6 is 0 Å². The normalized spacial score (nSPS) is 19.4. The van der Waals surface area contributed by atoms with Crippen molar-refractivity contribution in [3.8, 4) is 5.69 Å². The summed E-state index contributed by atoms with van der Waals surface area (Å²) in [6, 6.07) is 13.3. The number of hydrogen-bond acceptors (Lipinski definition) is 4. The molecule has 0 unspecified atom stereocenters. The molecule has 0 saturated heterocycles. The third-order valence-corrected chi connectivity index (χ3v) is 6.15. The Morgan fingerprint density at radius 3 is 2.58 bits per heavy atom. The van der Waals surface area contributed by atoms with Crippen molar-refractivity contribution in [3.05, 3.63) is 70.9 Å². The summed E-state index contributed by atoms with van der Waals surface area (Å²) in [6.07, 6.45) is 1.57. The number of carbonyl (C=O) groups excluding carboxylic acids is 3. The van der Waals surface area contributed by atoms with Crippen molar-refractivity contribution in [1.82, 2.24) is 9.78 Å². The molecule has 2 aliphatic rings. The highest BCUT2D eigenvalue weighted by atomic mass is 16.2. The Morgan fingerprint density at radius 1 is 1.10 bits per heavy atom. The fraction of sp³-hybridized carbons (Fsp3) is 0.217. The number of nitrogens with one attached hydrogen (secondary N) is 1. The van der Waals surface area contributed by atoms with E-state index in [1.165, 1.54) is 4.90 Å². The smallest absolute Gasteiger partial charge is 0.243 e. The first-order valence-corrected chi connectivity index (χ1v) is 9.99. The first kappa shape index (κ1) is 19.0. The molecule has 0 bridgehead atoms. The number of carbonyl (C=O) groups is 3. The van der Waals surface area contributed by atoms with Gasteiger partial charge in [0.2, 0.25) is 17.7 Å². The van der Waals surface area contributed by atoms with Crippen LogP contribution in [-0.4, -0.2) is 34.0 Å². The monoisotopic (exact) mass is 415 g/mol. The van der Waals surface area contributed by atoms with Gasteiger partial charge in [0.05, 0.1) is 17.6 Å². The predicted molar refractivity (Wildman–Crippen MR) is 115 cm³/mol. The Bertz CT molecular complexity index is 1280. The summed E-state index contributed by atoms with van der Waals surface area (Å²) in [4.78, 5) is 39.9. The lowest BCUT2D eigenvalue weighted by Gasteiger charge is -2.32. The maximum Gasteiger partial charge on any atom is 0.243 e. The third-order valence-electron chi connectivity index (χ3n) is 6.15. The van der Waals surface area contributed by atoms with Crippen molar-refractivity contribution < 1.29 is 14.4 Å². The zero-order valence-corrected chi connectivity index (χ0v) is 17.2. The molecular formula is C23H21N5O3. The number of hydrogen-bond donors (Lipinski definition) is 2. The van der Waals surface area contributed by atoms with Crippen molar-refractivity contribution >= 4 is 29.2 Å². The second kappa shape index (κ2) is 6.53. The minimum Gasteiger partial charge on any atom is -0.368 e. The Balaban J connectivity index is 1.78. The molecule has 8 heteroatoms. The van der Waals surface area contributed by atoms with Gasteiger partial charge in [-0.1, -0.05) is 36.4 Å². The van der Waals surface area contributed by atoms with Crippen LogP contribution in [0.4, 0.5) is 11.5 Å². The fourth-order valence-corrected chi connectivity index (χ4v) is 4.82. The molecule has 0 radical (unpaired) electrons. The van der Waals surface area contributed by atoms with E-state index in [2.05, 4.69) is 10.4 Å². The van der Waals surface area contributed by atoms with Gasteiger partial charge in [-0.15, -0.1) is 0 Å². The highest BCUT2D eigenvalue weighted by molar-refractivity contribution is 6.17. The number of nitrogens with zero attached hydrogens (tertiary/aromatic N) is 3. The SMILES string of the molecule is Cc1ccccc1-n1ncc2c1NC(=O)C[C@@]21C(=O)N(CC(N)=O)c2c(C)cccc21. The molecule has 0 fully saturated rings. The molecule has 2 aliphatic heterocycles. The summed E-state index contributed by atoms with van der Waals surface area (Å²) < 4.78 is 1.66. The average Bonchev–Trinajstić information content (AvgIpc) is 3.23. The van der Waals surface area contributed by atoms with Crippen LogP contribution in [0.2, 0.25) is 0 Å². The molecule has 0 saturated carbocycles. The number of rotatable bonds is 3. The van der Waals surface area contributed by atoms with Crippen LogP contribution in [0, 0.1) is 13.8 Å². The van der Waals surface area contributed by atoms with Crippen molar-refractivity contribution in [2.75, 3.05) is 16.8 Å². The van der Waals surface area contributed by atoms with Gasteiger partial charge in [0.15, 0.2) is 0 Å². The van der Waals surface area contributed by atoms with Crippen molar-refractivity contribution in [2.24, 2.45) is 5.73 Å². The summed E-state index contributed by atoms with van der Waals surface area (Å²) in [6.45, 7) is 3.58. The summed E-state index contributed by atoms with van der Waals surface area (Å²) in [5, 5.41) is 7.44. The molecule has 5 rings (SSSR count). The molecule has 0 aliphatic carbocycles. The molecule has 156 valence electrons. The number of amides is 3. The minimum absolute atomic E-state index is 0.0655. The van der Waals surface area contributed by atoms with E-state index in [0.29, 0.717) is 22.6 Å². The van der Waals surface area contributed by atoms with Gasteiger partial charge < -0.3 is 16.0 Å². The van der Waals surface area contributed by atoms with Gasteiger partial charge in [-0.2, -0.15) is 5.10 Å². The van der Waals surface area contributed by atoms with Gasteiger partial charge in [0.25, 0.3) is 0 Å². The number of fused-ring (bicyclic) bond motifs is 4. The van der Waals surface area contributed by atoms with E-state index >= 15 is 0 Å². The van der Waals surface area contributed by atoms with Gasteiger partial charge in [-0.05, 0) is 36.6 Å². The zero-order chi connectivity index (χ0) is 21.9. The van der Waals surface area contributed by atoms with Gasteiger partial charge >= 0.3 is 0 Å². The van der Waals surface area contributed by atoms with Crippen molar-refractivity contribution in [2.45, 2.75) is 25.7 Å². The quantitative estimate of drug-likeness (QED) is 0.681. The van der Waals surface area contributed by atoms with E-state index in [1.807, 2.05) is 56.3 Å². The van der Waals surface area contributed by atoms with Gasteiger partial charge in [0.1, 0.15) is 17.8 Å². The lowest BCUT2D eigenvalue weighted by Crippen LogP contribution is -2.48. The highest BCUT2D eigenvalue weighted by Gasteiger charge is 2.57. The van der Waals surface area contributed by atoms with E-state index < -0.39 is 11.3 Å². The van der Waals surface area contributed by atoms with Crippen LogP contribution in [-0.2, 0) is 19.8 Å². The Kier molecular flexibility index (Phi) is 4.01. The standard InChI is InChI=1S/C23H21N5O3/c1-13-6-3-4-9-17(13)28-21-16(11-25-28)23(10-19(30)26-21)15-8-5-7-14(2)20(15)27(22(23)31)12-18(24)29/h3-9,11H,10,12H2,1-2H3,(H2,24,29)(H,26,30)/t23-/m0/s1. The molecule has 8 nitrogen and oxygen atoms in total. The molecule has 31 heavy (non-hydrogen) atoms. The van der Waals surface area contributed by atoms with Crippen LogP contribution in [0.25, 0.3) is 5.69 Å². The van der Waals surface area contributed by atoms with E-state index in [4.69, 9.17) is 5.73 Å². The largest absolute Gasteiger partial charge is 0.368 e. The fourth-order valence-electron chi connectivity index (χ4n) is 4.82. The average molecular weight is 415 g/mol. The Labute approximate surface area is 178 Å². The molecule has 3 amide bonds.